The molecule has 1 fully saturated rings. The molecule has 1 saturated heterocycles. The summed E-state index contributed by atoms with van der Waals surface area (Å²) in [5.74, 6) is 0.714. The number of hydrogen-bond donors (Lipinski definition) is 0. The van der Waals surface area contributed by atoms with Crippen molar-refractivity contribution < 1.29 is 27.4 Å². The van der Waals surface area contributed by atoms with Gasteiger partial charge in [-0.2, -0.15) is 0 Å². The molecule has 3 atom stereocenters. The van der Waals surface area contributed by atoms with Crippen LogP contribution in [0.5, 0.6) is 0 Å². The summed E-state index contributed by atoms with van der Waals surface area (Å²) < 4.78 is 51.3. The zero-order valence-electron chi connectivity index (χ0n) is 21.0. The first-order valence-electron chi connectivity index (χ1n) is 11.3. The fourth-order valence-corrected chi connectivity index (χ4v) is 5.80. The zero-order valence-corrected chi connectivity index (χ0v) is 22.5. The van der Waals surface area contributed by atoms with Crippen molar-refractivity contribution >= 4 is 21.4 Å². The number of methoxy groups -OCH3 is 3. The average molecular weight is 532 g/mol. The predicted molar refractivity (Wildman–Crippen MR) is 129 cm³/mol. The Kier molecular flexibility index (Phi) is 9.22. The van der Waals surface area contributed by atoms with E-state index in [9.17, 15) is 8.42 Å². The van der Waals surface area contributed by atoms with Gasteiger partial charge in [0.1, 0.15) is 23.8 Å². The van der Waals surface area contributed by atoms with Crippen LogP contribution in [0.25, 0.3) is 0 Å². The quantitative estimate of drug-likeness (QED) is 0.403. The van der Waals surface area contributed by atoms with Crippen molar-refractivity contribution in [3.8, 4) is 0 Å². The molecule has 0 spiro atoms. The predicted octanol–water partition coefficient (Wildman–Crippen LogP) is 2.88. The highest BCUT2D eigenvalue weighted by atomic mass is 35.5. The van der Waals surface area contributed by atoms with Crippen LogP contribution in [0, 0.1) is 0 Å². The van der Waals surface area contributed by atoms with Crippen molar-refractivity contribution in [2.24, 2.45) is 0 Å². The molecule has 196 valence electrons. The Morgan fingerprint density at radius 3 is 2.31 bits per heavy atom. The summed E-state index contributed by atoms with van der Waals surface area (Å²) in [6, 6.07) is -0.333. The summed E-state index contributed by atoms with van der Waals surface area (Å²) in [6.45, 7) is 6.18. The minimum atomic E-state index is -3.79. The number of ether oxygens (including phenoxy) is 4. The van der Waals surface area contributed by atoms with Crippen molar-refractivity contribution in [1.29, 1.82) is 0 Å². The monoisotopic (exact) mass is 531 g/mol. The normalized spacial score (nSPS) is 19.8. The van der Waals surface area contributed by atoms with Crippen molar-refractivity contribution in [2.75, 3.05) is 34.5 Å². The Bertz CT molecular complexity index is 1070. The molecule has 0 aromatic carbocycles. The summed E-state index contributed by atoms with van der Waals surface area (Å²) in [5, 5.41) is 8.03. The molecule has 0 aliphatic carbocycles. The molecule has 3 heterocycles. The van der Waals surface area contributed by atoms with Crippen LogP contribution in [-0.2, 0) is 34.5 Å². The number of aromatic nitrogens is 5. The highest BCUT2D eigenvalue weighted by Gasteiger charge is 2.39. The minimum absolute atomic E-state index is 0.230. The summed E-state index contributed by atoms with van der Waals surface area (Å²) in [4.78, 5) is 8.28. The Morgan fingerprint density at radius 2 is 1.80 bits per heavy atom. The SMILES string of the molecule is COCC(COC)n1c(CS(=O)(=O)[C@@H](C)[C@H](OC)c2ncc(Cl)cn2)nnc1[C@@H]1CCC(C)(C)O1. The van der Waals surface area contributed by atoms with E-state index in [-0.39, 0.29) is 48.4 Å². The smallest absolute Gasteiger partial charge is 0.163 e. The van der Waals surface area contributed by atoms with E-state index in [0.29, 0.717) is 10.8 Å². The van der Waals surface area contributed by atoms with Crippen LogP contribution >= 0.6 is 11.6 Å². The van der Waals surface area contributed by atoms with Gasteiger partial charge in [-0.15, -0.1) is 10.2 Å². The number of sulfone groups is 1. The molecule has 0 bridgehead atoms. The molecular formula is C22H34ClN5O6S. The molecule has 1 aliphatic heterocycles. The lowest BCUT2D eigenvalue weighted by Gasteiger charge is -2.25. The van der Waals surface area contributed by atoms with Crippen LogP contribution in [-0.4, -0.2) is 78.5 Å². The van der Waals surface area contributed by atoms with E-state index in [4.69, 9.17) is 30.5 Å². The lowest BCUT2D eigenvalue weighted by Crippen LogP contribution is -2.31. The topological polar surface area (TPSA) is 128 Å². The number of hydrogen-bond acceptors (Lipinski definition) is 10. The highest BCUT2D eigenvalue weighted by Crippen LogP contribution is 2.39. The first kappa shape index (κ1) is 27.9. The average Bonchev–Trinajstić information content (AvgIpc) is 3.37. The second-order valence-electron chi connectivity index (χ2n) is 9.24. The van der Waals surface area contributed by atoms with Gasteiger partial charge in [-0.05, 0) is 33.6 Å². The van der Waals surface area contributed by atoms with E-state index in [1.807, 2.05) is 13.8 Å². The van der Waals surface area contributed by atoms with Gasteiger partial charge in [0, 0.05) is 33.7 Å². The Morgan fingerprint density at radius 1 is 1.17 bits per heavy atom. The molecule has 35 heavy (non-hydrogen) atoms. The molecular weight excluding hydrogens is 498 g/mol. The summed E-state index contributed by atoms with van der Waals surface area (Å²) in [6.07, 6.45) is 3.21. The molecule has 1 aliphatic rings. The van der Waals surface area contributed by atoms with Crippen LogP contribution in [0.1, 0.15) is 69.3 Å². The Balaban J connectivity index is 1.96. The Hall–Kier alpha value is -1.70. The van der Waals surface area contributed by atoms with E-state index < -0.39 is 21.2 Å². The molecule has 0 radical (unpaired) electrons. The third-order valence-electron chi connectivity index (χ3n) is 6.11. The first-order valence-corrected chi connectivity index (χ1v) is 13.4. The number of nitrogens with zero attached hydrogens (tertiary/aromatic N) is 5. The zero-order chi connectivity index (χ0) is 25.8. The summed E-state index contributed by atoms with van der Waals surface area (Å²) in [5.41, 5.74) is -0.301. The van der Waals surface area contributed by atoms with Crippen molar-refractivity contribution in [1.82, 2.24) is 24.7 Å². The molecule has 2 aromatic heterocycles. The van der Waals surface area contributed by atoms with Gasteiger partial charge in [0.2, 0.25) is 0 Å². The van der Waals surface area contributed by atoms with Crippen molar-refractivity contribution in [2.45, 2.75) is 68.5 Å². The van der Waals surface area contributed by atoms with Gasteiger partial charge in [-0.25, -0.2) is 18.4 Å². The van der Waals surface area contributed by atoms with Gasteiger partial charge in [0.05, 0.1) is 35.1 Å². The third kappa shape index (κ3) is 6.55. The maximum absolute atomic E-state index is 13.5. The van der Waals surface area contributed by atoms with E-state index >= 15 is 0 Å². The van der Waals surface area contributed by atoms with Crippen LogP contribution in [0.2, 0.25) is 5.02 Å². The molecule has 0 N–H and O–H groups in total. The largest absolute Gasteiger partial charge is 0.382 e. The summed E-state index contributed by atoms with van der Waals surface area (Å²) in [7, 11) is 0.791. The van der Waals surface area contributed by atoms with Crippen molar-refractivity contribution in [3.63, 3.8) is 0 Å². The molecule has 0 amide bonds. The van der Waals surface area contributed by atoms with E-state index in [1.165, 1.54) is 19.5 Å². The summed E-state index contributed by atoms with van der Waals surface area (Å²) >= 11 is 5.88. The van der Waals surface area contributed by atoms with Crippen LogP contribution in [0.15, 0.2) is 12.4 Å². The van der Waals surface area contributed by atoms with E-state index in [0.717, 1.165) is 12.8 Å². The Labute approximate surface area is 211 Å². The van der Waals surface area contributed by atoms with Crippen LogP contribution in [0.4, 0.5) is 0 Å². The van der Waals surface area contributed by atoms with Gasteiger partial charge in [-0.3, -0.25) is 0 Å². The number of halogens is 1. The number of rotatable bonds is 12. The van der Waals surface area contributed by atoms with Crippen molar-refractivity contribution in [3.05, 3.63) is 34.9 Å². The second kappa shape index (κ2) is 11.6. The van der Waals surface area contributed by atoms with Gasteiger partial charge < -0.3 is 23.5 Å². The molecule has 3 rings (SSSR count). The maximum atomic E-state index is 13.5. The fourth-order valence-electron chi connectivity index (χ4n) is 4.27. The first-order chi connectivity index (χ1) is 16.5. The maximum Gasteiger partial charge on any atom is 0.163 e. The van der Waals surface area contributed by atoms with Crippen LogP contribution < -0.4 is 0 Å². The molecule has 0 saturated carbocycles. The van der Waals surface area contributed by atoms with Gasteiger partial charge in [0.25, 0.3) is 0 Å². The van der Waals surface area contributed by atoms with Crippen LogP contribution in [0.3, 0.4) is 0 Å². The molecule has 2 aromatic rings. The molecule has 11 nitrogen and oxygen atoms in total. The third-order valence-corrected chi connectivity index (χ3v) is 8.34. The van der Waals surface area contributed by atoms with Gasteiger partial charge >= 0.3 is 0 Å². The standard InChI is InChI=1S/C22H34ClN5O6S/c1-14(19(33-6)20-24-9-15(23)10-25-20)35(29,30)13-18-26-27-21(17-7-8-22(2,3)34-17)28(18)16(11-31-4)12-32-5/h9-10,14,16-17,19H,7-8,11-13H2,1-6H3/t14-,17-,19-/m0/s1. The van der Waals surface area contributed by atoms with Gasteiger partial charge in [0.15, 0.2) is 21.5 Å². The van der Waals surface area contributed by atoms with Gasteiger partial charge in [-0.1, -0.05) is 11.6 Å². The molecule has 0 unspecified atom stereocenters. The fraction of sp³-hybridized carbons (Fsp3) is 0.727. The highest BCUT2D eigenvalue weighted by molar-refractivity contribution is 7.91. The molecule has 13 heteroatoms. The minimum Gasteiger partial charge on any atom is -0.382 e. The van der Waals surface area contributed by atoms with E-state index in [2.05, 4.69) is 20.2 Å². The lowest BCUT2D eigenvalue weighted by molar-refractivity contribution is -0.0236. The second-order valence-corrected chi connectivity index (χ2v) is 12.0. The van der Waals surface area contributed by atoms with E-state index in [1.54, 1.807) is 25.7 Å². The lowest BCUT2D eigenvalue weighted by atomic mass is 10.1.